The predicted octanol–water partition coefficient (Wildman–Crippen LogP) is 4.97. The lowest BCUT2D eigenvalue weighted by atomic mass is 10.0. The largest absolute Gasteiger partial charge is 0.493 e. The fourth-order valence-corrected chi connectivity index (χ4v) is 3.88. The van der Waals surface area contributed by atoms with Crippen molar-refractivity contribution in [1.29, 1.82) is 5.26 Å². The summed E-state index contributed by atoms with van der Waals surface area (Å²) < 4.78 is 11.1. The maximum Gasteiger partial charge on any atom is 0.416 e. The molecule has 0 radical (unpaired) electrons. The number of nitriles is 1. The lowest BCUT2D eigenvalue weighted by Gasteiger charge is -2.20. The van der Waals surface area contributed by atoms with E-state index in [1.54, 1.807) is 12.1 Å². The molecule has 1 atom stereocenters. The average molecular weight is 440 g/mol. The number of amides is 2. The third-order valence-corrected chi connectivity index (χ3v) is 5.55. The fraction of sp³-hybridized carbons (Fsp3) is 0.222. The van der Waals surface area contributed by atoms with E-state index in [9.17, 15) is 9.59 Å². The van der Waals surface area contributed by atoms with Crippen LogP contribution in [0.2, 0.25) is 0 Å². The topological polar surface area (TPSA) is 79.6 Å². The summed E-state index contributed by atoms with van der Waals surface area (Å²) in [5, 5.41) is 8.99. The molecule has 0 spiro atoms. The Bertz CT molecular complexity index is 1150. The molecule has 6 heteroatoms. The summed E-state index contributed by atoms with van der Waals surface area (Å²) in [6, 6.07) is 26.5. The van der Waals surface area contributed by atoms with E-state index in [1.807, 2.05) is 66.7 Å². The summed E-state index contributed by atoms with van der Waals surface area (Å²) in [5.41, 5.74) is 3.52. The van der Waals surface area contributed by atoms with E-state index in [1.165, 1.54) is 4.90 Å². The van der Waals surface area contributed by atoms with E-state index < -0.39 is 6.09 Å². The van der Waals surface area contributed by atoms with E-state index in [-0.39, 0.29) is 25.0 Å². The number of carbonyl (C=O) groups excluding carboxylic acids is 2. The van der Waals surface area contributed by atoms with Crippen LogP contribution in [0.1, 0.15) is 24.0 Å². The Morgan fingerprint density at radius 3 is 2.52 bits per heavy atom. The van der Waals surface area contributed by atoms with Crippen molar-refractivity contribution < 1.29 is 19.1 Å². The normalized spacial score (nSPS) is 15.1. The Labute approximate surface area is 193 Å². The maximum absolute atomic E-state index is 12.8. The second kappa shape index (κ2) is 10.5. The zero-order valence-corrected chi connectivity index (χ0v) is 18.1. The average Bonchev–Trinajstić information content (AvgIpc) is 3.22. The van der Waals surface area contributed by atoms with Gasteiger partial charge in [0.2, 0.25) is 5.91 Å². The monoisotopic (exact) mass is 440 g/mol. The minimum Gasteiger partial charge on any atom is -0.493 e. The SMILES string of the molecule is N#Cc1ccc(-c2ccccc2OCCCC(=O)N2C(=O)OC[C@@H]2Cc2ccccc2)cc1. The molecular weight excluding hydrogens is 416 g/mol. The standard InChI is InChI=1S/C27H24N2O4/c28-18-21-12-14-22(15-13-21)24-9-4-5-10-25(24)32-16-6-11-26(30)29-23(19-33-27(29)31)17-20-7-2-1-3-8-20/h1-5,7-10,12-15,23H,6,11,16-17,19H2/t23-/m0/s1. The van der Waals surface area contributed by atoms with Gasteiger partial charge in [0.25, 0.3) is 0 Å². The van der Waals surface area contributed by atoms with E-state index in [2.05, 4.69) is 6.07 Å². The van der Waals surface area contributed by atoms with Gasteiger partial charge in [-0.1, -0.05) is 60.7 Å². The van der Waals surface area contributed by atoms with Crippen LogP contribution >= 0.6 is 0 Å². The molecule has 0 N–H and O–H groups in total. The van der Waals surface area contributed by atoms with Crippen LogP contribution in [-0.4, -0.2) is 36.2 Å². The van der Waals surface area contributed by atoms with Crippen LogP contribution in [0, 0.1) is 11.3 Å². The molecule has 0 bridgehead atoms. The van der Waals surface area contributed by atoms with E-state index in [0.29, 0.717) is 30.8 Å². The first-order chi connectivity index (χ1) is 16.2. The summed E-state index contributed by atoms with van der Waals surface area (Å²) in [4.78, 5) is 26.2. The van der Waals surface area contributed by atoms with Crippen LogP contribution < -0.4 is 4.74 Å². The second-order valence-corrected chi connectivity index (χ2v) is 7.82. The Morgan fingerprint density at radius 1 is 1.03 bits per heavy atom. The Balaban J connectivity index is 1.33. The summed E-state index contributed by atoms with van der Waals surface area (Å²) in [5.74, 6) is 0.458. The van der Waals surface area contributed by atoms with Crippen molar-refractivity contribution in [3.63, 3.8) is 0 Å². The Kier molecular flexibility index (Phi) is 7.01. The van der Waals surface area contributed by atoms with Crippen molar-refractivity contribution in [2.75, 3.05) is 13.2 Å². The quantitative estimate of drug-likeness (QED) is 0.462. The highest BCUT2D eigenvalue weighted by molar-refractivity contribution is 5.93. The fourth-order valence-electron chi connectivity index (χ4n) is 3.88. The molecule has 4 rings (SSSR count). The molecule has 0 aromatic heterocycles. The van der Waals surface area contributed by atoms with Gasteiger partial charge in [0.15, 0.2) is 0 Å². The predicted molar refractivity (Wildman–Crippen MR) is 123 cm³/mol. The van der Waals surface area contributed by atoms with Gasteiger partial charge in [0, 0.05) is 12.0 Å². The molecule has 1 fully saturated rings. The van der Waals surface area contributed by atoms with Crippen molar-refractivity contribution in [2.45, 2.75) is 25.3 Å². The van der Waals surface area contributed by atoms with Crippen molar-refractivity contribution in [3.05, 3.63) is 90.0 Å². The summed E-state index contributed by atoms with van der Waals surface area (Å²) in [6.45, 7) is 0.555. The molecule has 3 aromatic rings. The Hall–Kier alpha value is -4.11. The molecule has 0 saturated carbocycles. The van der Waals surface area contributed by atoms with Crippen LogP contribution in [0.4, 0.5) is 4.79 Å². The molecule has 0 unspecified atom stereocenters. The highest BCUT2D eigenvalue weighted by Gasteiger charge is 2.37. The number of cyclic esters (lactones) is 1. The van der Waals surface area contributed by atoms with E-state index >= 15 is 0 Å². The molecule has 1 heterocycles. The van der Waals surface area contributed by atoms with Gasteiger partial charge in [-0.25, -0.2) is 9.69 Å². The number of hydrogen-bond acceptors (Lipinski definition) is 5. The number of carbonyl (C=O) groups is 2. The van der Waals surface area contributed by atoms with Gasteiger partial charge in [-0.2, -0.15) is 5.26 Å². The molecule has 1 aliphatic rings. The minimum atomic E-state index is -0.576. The number of hydrogen-bond donors (Lipinski definition) is 0. The number of ether oxygens (including phenoxy) is 2. The van der Waals surface area contributed by atoms with Gasteiger partial charge in [-0.3, -0.25) is 4.79 Å². The number of nitrogens with zero attached hydrogens (tertiary/aromatic N) is 2. The highest BCUT2D eigenvalue weighted by atomic mass is 16.6. The van der Waals surface area contributed by atoms with Crippen LogP contribution in [0.5, 0.6) is 5.75 Å². The van der Waals surface area contributed by atoms with E-state index in [0.717, 1.165) is 16.7 Å². The summed E-state index contributed by atoms with van der Waals surface area (Å²) >= 11 is 0. The summed E-state index contributed by atoms with van der Waals surface area (Å²) in [7, 11) is 0. The van der Waals surface area contributed by atoms with Crippen LogP contribution in [0.25, 0.3) is 11.1 Å². The first kappa shape index (κ1) is 22.1. The van der Waals surface area contributed by atoms with Crippen molar-refractivity contribution in [1.82, 2.24) is 4.90 Å². The minimum absolute atomic E-state index is 0.194. The molecular formula is C27H24N2O4. The van der Waals surface area contributed by atoms with Crippen molar-refractivity contribution in [3.8, 4) is 22.9 Å². The molecule has 1 aliphatic heterocycles. The lowest BCUT2D eigenvalue weighted by molar-refractivity contribution is -0.129. The molecule has 3 aromatic carbocycles. The van der Waals surface area contributed by atoms with Gasteiger partial charge >= 0.3 is 6.09 Å². The third kappa shape index (κ3) is 5.39. The van der Waals surface area contributed by atoms with Crippen molar-refractivity contribution >= 4 is 12.0 Å². The number of rotatable bonds is 8. The van der Waals surface area contributed by atoms with Gasteiger partial charge in [-0.15, -0.1) is 0 Å². The number of para-hydroxylation sites is 1. The molecule has 0 aliphatic carbocycles. The highest BCUT2D eigenvalue weighted by Crippen LogP contribution is 2.30. The molecule has 2 amide bonds. The first-order valence-electron chi connectivity index (χ1n) is 10.9. The number of benzene rings is 3. The van der Waals surface area contributed by atoms with Gasteiger partial charge < -0.3 is 9.47 Å². The number of imide groups is 1. The second-order valence-electron chi connectivity index (χ2n) is 7.82. The zero-order chi connectivity index (χ0) is 23.0. The van der Waals surface area contributed by atoms with Crippen molar-refractivity contribution in [2.24, 2.45) is 0 Å². The van der Waals surface area contributed by atoms with Gasteiger partial charge in [0.1, 0.15) is 12.4 Å². The van der Waals surface area contributed by atoms with Crippen LogP contribution in [0.3, 0.4) is 0 Å². The lowest BCUT2D eigenvalue weighted by Crippen LogP contribution is -2.40. The summed E-state index contributed by atoms with van der Waals surface area (Å²) in [6.07, 6.45) is 0.669. The Morgan fingerprint density at radius 2 is 1.76 bits per heavy atom. The van der Waals surface area contributed by atoms with Crippen LogP contribution in [0.15, 0.2) is 78.9 Å². The molecule has 166 valence electrons. The molecule has 6 nitrogen and oxygen atoms in total. The zero-order valence-electron chi connectivity index (χ0n) is 18.1. The van der Waals surface area contributed by atoms with E-state index in [4.69, 9.17) is 14.7 Å². The smallest absolute Gasteiger partial charge is 0.416 e. The van der Waals surface area contributed by atoms with Crippen LogP contribution in [-0.2, 0) is 16.0 Å². The third-order valence-electron chi connectivity index (χ3n) is 5.55. The maximum atomic E-state index is 12.8. The van der Waals surface area contributed by atoms with Gasteiger partial charge in [-0.05, 0) is 42.2 Å². The molecule has 33 heavy (non-hydrogen) atoms. The van der Waals surface area contributed by atoms with Gasteiger partial charge in [0.05, 0.1) is 24.3 Å². The molecule has 1 saturated heterocycles. The first-order valence-corrected chi connectivity index (χ1v) is 10.9.